The fourth-order valence-corrected chi connectivity index (χ4v) is 6.81. The second kappa shape index (κ2) is 7.35. The molecule has 0 aromatic heterocycles. The molecule has 3 aliphatic carbocycles. The minimum atomic E-state index is -0.938. The normalized spacial score (nSPS) is 27.0. The van der Waals surface area contributed by atoms with E-state index in [-0.39, 0.29) is 17.7 Å². The third-order valence-electron chi connectivity index (χ3n) is 7.57. The number of methoxy groups -OCH3 is 2. The molecule has 166 valence electrons. The van der Waals surface area contributed by atoms with Gasteiger partial charge in [0.15, 0.2) is 6.29 Å². The smallest absolute Gasteiger partial charge is 0.239 e. The Bertz CT molecular complexity index is 1240. The summed E-state index contributed by atoms with van der Waals surface area (Å²) in [4.78, 5) is 29.5. The van der Waals surface area contributed by atoms with Gasteiger partial charge in [0, 0.05) is 24.6 Å². The Morgan fingerprint density at radius 1 is 0.818 bits per heavy atom. The van der Waals surface area contributed by atoms with Crippen LogP contribution in [0.2, 0.25) is 0 Å². The molecule has 6 heteroatoms. The van der Waals surface area contributed by atoms with Gasteiger partial charge in [0.1, 0.15) is 0 Å². The topological polar surface area (TPSA) is 55.8 Å². The van der Waals surface area contributed by atoms with Crippen LogP contribution in [0.1, 0.15) is 28.2 Å². The fraction of sp³-hybridized carbons (Fsp3) is 0.259. The SMILES string of the molecule is COC(OC)C12c3ccccc3C(c3ccccc31)[C@H]1C(=O)N(c3ccc(Br)cc3)C(=O)[C@@H]12. The van der Waals surface area contributed by atoms with Crippen LogP contribution in [0.25, 0.3) is 0 Å². The second-order valence-corrected chi connectivity index (χ2v) is 9.73. The summed E-state index contributed by atoms with van der Waals surface area (Å²) in [5.41, 5.74) is 3.78. The third kappa shape index (κ3) is 2.49. The molecular formula is C27H22BrNO4. The van der Waals surface area contributed by atoms with Crippen molar-refractivity contribution in [3.63, 3.8) is 0 Å². The number of amides is 2. The molecule has 1 fully saturated rings. The summed E-state index contributed by atoms with van der Waals surface area (Å²) < 4.78 is 12.7. The molecule has 3 aromatic rings. The van der Waals surface area contributed by atoms with Crippen LogP contribution in [-0.4, -0.2) is 32.3 Å². The van der Waals surface area contributed by atoms with Crippen LogP contribution >= 0.6 is 15.9 Å². The van der Waals surface area contributed by atoms with Gasteiger partial charge >= 0.3 is 0 Å². The van der Waals surface area contributed by atoms with Crippen molar-refractivity contribution in [3.8, 4) is 0 Å². The number of rotatable bonds is 4. The first-order valence-electron chi connectivity index (χ1n) is 10.9. The van der Waals surface area contributed by atoms with Gasteiger partial charge in [-0.1, -0.05) is 64.5 Å². The number of halogens is 1. The van der Waals surface area contributed by atoms with Crippen LogP contribution in [0.3, 0.4) is 0 Å². The Hall–Kier alpha value is -2.80. The molecule has 0 unspecified atom stereocenters. The summed E-state index contributed by atoms with van der Waals surface area (Å²) in [7, 11) is 3.19. The fourth-order valence-electron chi connectivity index (χ4n) is 6.54. The van der Waals surface area contributed by atoms with Gasteiger partial charge in [-0.3, -0.25) is 9.59 Å². The molecule has 7 rings (SSSR count). The van der Waals surface area contributed by atoms with E-state index in [1.807, 2.05) is 36.4 Å². The molecule has 0 N–H and O–H groups in total. The maximum Gasteiger partial charge on any atom is 0.239 e. The van der Waals surface area contributed by atoms with Gasteiger partial charge in [-0.15, -0.1) is 0 Å². The Morgan fingerprint density at radius 3 is 1.91 bits per heavy atom. The minimum absolute atomic E-state index is 0.170. The maximum absolute atomic E-state index is 14.2. The number of benzene rings is 3. The predicted molar refractivity (Wildman–Crippen MR) is 127 cm³/mol. The number of hydrogen-bond donors (Lipinski definition) is 0. The van der Waals surface area contributed by atoms with Crippen molar-refractivity contribution < 1.29 is 19.1 Å². The number of nitrogens with zero attached hydrogens (tertiary/aromatic N) is 1. The zero-order valence-corrected chi connectivity index (χ0v) is 19.8. The lowest BCUT2D eigenvalue weighted by molar-refractivity contribution is -0.168. The number of anilines is 1. The van der Waals surface area contributed by atoms with Crippen molar-refractivity contribution in [2.24, 2.45) is 11.8 Å². The monoisotopic (exact) mass is 503 g/mol. The van der Waals surface area contributed by atoms with Crippen LogP contribution in [0.15, 0.2) is 77.3 Å². The number of carbonyl (C=O) groups excluding carboxylic acids is 2. The summed E-state index contributed by atoms with van der Waals surface area (Å²) in [6.45, 7) is 0. The average Bonchev–Trinajstić information content (AvgIpc) is 3.12. The summed E-state index contributed by atoms with van der Waals surface area (Å²) in [5, 5.41) is 0. The summed E-state index contributed by atoms with van der Waals surface area (Å²) in [6.07, 6.45) is -0.741. The zero-order valence-electron chi connectivity index (χ0n) is 18.2. The molecule has 1 aliphatic heterocycles. The Labute approximate surface area is 200 Å². The molecule has 1 heterocycles. The van der Waals surface area contributed by atoms with E-state index in [1.165, 1.54) is 4.90 Å². The van der Waals surface area contributed by atoms with E-state index in [9.17, 15) is 9.59 Å². The molecule has 2 atom stereocenters. The first kappa shape index (κ1) is 20.8. The van der Waals surface area contributed by atoms with Gasteiger partial charge in [-0.25, -0.2) is 4.90 Å². The predicted octanol–water partition coefficient (Wildman–Crippen LogP) is 4.62. The molecule has 5 nitrogen and oxygen atoms in total. The van der Waals surface area contributed by atoms with E-state index in [4.69, 9.17) is 9.47 Å². The molecule has 1 saturated heterocycles. The van der Waals surface area contributed by atoms with E-state index >= 15 is 0 Å². The molecule has 0 saturated carbocycles. The van der Waals surface area contributed by atoms with Crippen molar-refractivity contribution >= 4 is 33.4 Å². The largest absolute Gasteiger partial charge is 0.355 e. The lowest BCUT2D eigenvalue weighted by Crippen LogP contribution is -2.60. The lowest BCUT2D eigenvalue weighted by Gasteiger charge is -2.56. The van der Waals surface area contributed by atoms with Gasteiger partial charge in [0.25, 0.3) is 0 Å². The van der Waals surface area contributed by atoms with E-state index in [2.05, 4.69) is 40.2 Å². The van der Waals surface area contributed by atoms with Crippen LogP contribution in [0.4, 0.5) is 5.69 Å². The number of ether oxygens (including phenoxy) is 2. The van der Waals surface area contributed by atoms with Crippen LogP contribution in [0.5, 0.6) is 0 Å². The average molecular weight is 504 g/mol. The Morgan fingerprint density at radius 2 is 1.36 bits per heavy atom. The summed E-state index contributed by atoms with van der Waals surface area (Å²) in [5.74, 6) is -1.74. The summed E-state index contributed by atoms with van der Waals surface area (Å²) >= 11 is 3.44. The third-order valence-corrected chi connectivity index (χ3v) is 8.10. The van der Waals surface area contributed by atoms with E-state index in [0.29, 0.717) is 5.69 Å². The van der Waals surface area contributed by atoms with Crippen molar-refractivity contribution in [1.82, 2.24) is 0 Å². The van der Waals surface area contributed by atoms with Gasteiger partial charge < -0.3 is 9.47 Å². The van der Waals surface area contributed by atoms with Crippen LogP contribution < -0.4 is 4.90 Å². The van der Waals surface area contributed by atoms with Gasteiger partial charge in [-0.05, 0) is 46.5 Å². The molecule has 0 radical (unpaired) electrons. The standard InChI is InChI=1S/C27H22BrNO4/c1-32-26(33-2)27-19-9-5-3-7-17(19)21(18-8-4-6-10-20(18)27)22-23(27)25(31)29(24(22)30)16-13-11-15(28)12-14-16/h3-14,21-23,26H,1-2H3/t21?,22-,23-,27?/m1/s1. The van der Waals surface area contributed by atoms with Crippen molar-refractivity contribution in [1.29, 1.82) is 0 Å². The zero-order chi connectivity index (χ0) is 22.9. The van der Waals surface area contributed by atoms with Gasteiger partial charge in [0.2, 0.25) is 11.8 Å². The first-order chi connectivity index (χ1) is 16.1. The molecule has 2 amide bonds. The van der Waals surface area contributed by atoms with Gasteiger partial charge in [0.05, 0.1) is 22.9 Å². The van der Waals surface area contributed by atoms with E-state index in [1.54, 1.807) is 26.4 Å². The van der Waals surface area contributed by atoms with Crippen LogP contribution in [0, 0.1) is 11.8 Å². The first-order valence-corrected chi connectivity index (χ1v) is 11.7. The highest BCUT2D eigenvalue weighted by molar-refractivity contribution is 9.10. The highest BCUT2D eigenvalue weighted by Crippen LogP contribution is 2.65. The Balaban J connectivity index is 1.67. The number of carbonyl (C=O) groups is 2. The quantitative estimate of drug-likeness (QED) is 0.385. The molecule has 4 aliphatic rings. The maximum atomic E-state index is 14.2. The number of hydrogen-bond acceptors (Lipinski definition) is 4. The highest BCUT2D eigenvalue weighted by atomic mass is 79.9. The number of imide groups is 1. The minimum Gasteiger partial charge on any atom is -0.355 e. The Kier molecular flexibility index (Phi) is 4.63. The van der Waals surface area contributed by atoms with Crippen molar-refractivity contribution in [3.05, 3.63) is 99.5 Å². The van der Waals surface area contributed by atoms with E-state index in [0.717, 1.165) is 26.7 Å². The second-order valence-electron chi connectivity index (χ2n) is 8.82. The molecule has 33 heavy (non-hydrogen) atoms. The summed E-state index contributed by atoms with van der Waals surface area (Å²) in [6, 6.07) is 23.5. The molecule has 0 spiro atoms. The van der Waals surface area contributed by atoms with Crippen molar-refractivity contribution in [2.75, 3.05) is 19.1 Å². The molecular weight excluding hydrogens is 482 g/mol. The lowest BCUT2D eigenvalue weighted by atomic mass is 9.47. The van der Waals surface area contributed by atoms with E-state index < -0.39 is 23.5 Å². The molecule has 3 aromatic carbocycles. The molecule has 2 bridgehead atoms. The highest BCUT2D eigenvalue weighted by Gasteiger charge is 2.71. The van der Waals surface area contributed by atoms with Crippen LogP contribution in [-0.2, 0) is 24.5 Å². The van der Waals surface area contributed by atoms with Gasteiger partial charge in [-0.2, -0.15) is 0 Å². The van der Waals surface area contributed by atoms with Crippen molar-refractivity contribution in [2.45, 2.75) is 17.6 Å².